The van der Waals surface area contributed by atoms with Crippen LogP contribution >= 0.6 is 23.4 Å². The Hall–Kier alpha value is -1.95. The van der Waals surface area contributed by atoms with Crippen LogP contribution in [0.15, 0.2) is 53.4 Å². The fourth-order valence-corrected chi connectivity index (χ4v) is 3.91. The number of halogens is 1. The number of thioether (sulfide) groups is 1. The summed E-state index contributed by atoms with van der Waals surface area (Å²) in [5, 5.41) is 13.2. The van der Waals surface area contributed by atoms with Crippen molar-refractivity contribution in [3.05, 3.63) is 64.0 Å². The van der Waals surface area contributed by atoms with Gasteiger partial charge in [0.2, 0.25) is 0 Å². The van der Waals surface area contributed by atoms with Gasteiger partial charge in [0.1, 0.15) is 11.2 Å². The molecule has 2 aromatic carbocycles. The number of hydrogen-bond donors (Lipinski definition) is 2. The third-order valence-corrected chi connectivity index (χ3v) is 5.23. The van der Waals surface area contributed by atoms with E-state index in [1.54, 1.807) is 17.0 Å². The highest BCUT2D eigenvalue weighted by molar-refractivity contribution is 8.05. The molecule has 1 saturated heterocycles. The van der Waals surface area contributed by atoms with Gasteiger partial charge in [0.25, 0.3) is 5.91 Å². The molecule has 1 atom stereocenters. The number of para-hydroxylation sites is 1. The quantitative estimate of drug-likeness (QED) is 0.759. The molecule has 0 spiro atoms. The first kappa shape index (κ1) is 17.9. The number of phenols is 1. The summed E-state index contributed by atoms with van der Waals surface area (Å²) < 4.78 is 0. The zero-order valence-electron chi connectivity index (χ0n) is 13.8. The number of amides is 1. The summed E-state index contributed by atoms with van der Waals surface area (Å²) in [5.74, 6) is -0.0170. The molecule has 4 nitrogen and oxygen atoms in total. The van der Waals surface area contributed by atoms with Crippen LogP contribution in [-0.4, -0.2) is 23.1 Å². The van der Waals surface area contributed by atoms with E-state index in [9.17, 15) is 9.90 Å². The van der Waals surface area contributed by atoms with E-state index in [4.69, 9.17) is 11.6 Å². The van der Waals surface area contributed by atoms with E-state index in [1.165, 1.54) is 17.8 Å². The molecule has 25 heavy (non-hydrogen) atoms. The molecule has 1 fully saturated rings. The van der Waals surface area contributed by atoms with Crippen molar-refractivity contribution in [1.82, 2.24) is 5.32 Å². The Balaban J connectivity index is 1.92. The van der Waals surface area contributed by atoms with Crippen molar-refractivity contribution >= 4 is 41.0 Å². The molecule has 0 saturated carbocycles. The first-order valence-electron chi connectivity index (χ1n) is 8.09. The van der Waals surface area contributed by atoms with Gasteiger partial charge in [0.05, 0.1) is 9.93 Å². The van der Waals surface area contributed by atoms with Crippen molar-refractivity contribution in [3.63, 3.8) is 0 Å². The maximum atomic E-state index is 13.0. The van der Waals surface area contributed by atoms with Gasteiger partial charge < -0.3 is 5.11 Å². The molecule has 0 aromatic heterocycles. The standard InChI is InChI=1S/C19H19ClN2O2S/c1-2-10-21-19-22(14-6-4-3-5-7-14)18(24)17(25-19)12-13-8-9-16(23)15(20)11-13/h3-9,11-12,19,21,23H,2,10H2,1H3. The lowest BCUT2D eigenvalue weighted by Gasteiger charge is -2.24. The lowest BCUT2D eigenvalue weighted by atomic mass is 10.2. The molecule has 130 valence electrons. The summed E-state index contributed by atoms with van der Waals surface area (Å²) in [6, 6.07) is 14.6. The Labute approximate surface area is 156 Å². The lowest BCUT2D eigenvalue weighted by Crippen LogP contribution is -2.42. The second-order valence-corrected chi connectivity index (χ2v) is 7.18. The lowest BCUT2D eigenvalue weighted by molar-refractivity contribution is -0.114. The minimum absolute atomic E-state index is 0.0302. The molecule has 0 radical (unpaired) electrons. The fourth-order valence-electron chi connectivity index (χ4n) is 2.55. The number of carbonyl (C=O) groups is 1. The minimum Gasteiger partial charge on any atom is -0.506 e. The van der Waals surface area contributed by atoms with Crippen molar-refractivity contribution in [2.24, 2.45) is 0 Å². The molecule has 2 aromatic rings. The SMILES string of the molecule is CCCNC1SC(=Cc2ccc(O)c(Cl)c2)C(=O)N1c1ccccc1. The average molecular weight is 375 g/mol. The van der Waals surface area contributed by atoms with Crippen LogP contribution in [0.3, 0.4) is 0 Å². The minimum atomic E-state index is -0.145. The van der Waals surface area contributed by atoms with E-state index < -0.39 is 0 Å². The second-order valence-electron chi connectivity index (χ2n) is 5.65. The van der Waals surface area contributed by atoms with Crippen LogP contribution < -0.4 is 10.2 Å². The van der Waals surface area contributed by atoms with Crippen molar-refractivity contribution in [2.75, 3.05) is 11.4 Å². The third kappa shape index (κ3) is 4.00. The van der Waals surface area contributed by atoms with Gasteiger partial charge in [-0.2, -0.15) is 0 Å². The van der Waals surface area contributed by atoms with Crippen LogP contribution in [0.1, 0.15) is 18.9 Å². The van der Waals surface area contributed by atoms with E-state index >= 15 is 0 Å². The second kappa shape index (κ2) is 7.95. The highest BCUT2D eigenvalue weighted by Crippen LogP contribution is 2.38. The molecule has 1 amide bonds. The fraction of sp³-hybridized carbons (Fsp3) is 0.211. The van der Waals surface area contributed by atoms with Gasteiger partial charge in [0, 0.05) is 5.69 Å². The van der Waals surface area contributed by atoms with Gasteiger partial charge in [-0.25, -0.2) is 0 Å². The number of carbonyl (C=O) groups excluding carboxylic acids is 1. The van der Waals surface area contributed by atoms with Gasteiger partial charge in [-0.05, 0) is 48.9 Å². The summed E-state index contributed by atoms with van der Waals surface area (Å²) in [5.41, 5.74) is 1.50. The maximum Gasteiger partial charge on any atom is 0.266 e. The summed E-state index contributed by atoms with van der Waals surface area (Å²) in [4.78, 5) is 15.4. The number of nitrogens with zero attached hydrogens (tertiary/aromatic N) is 1. The molecule has 3 rings (SSSR count). The largest absolute Gasteiger partial charge is 0.506 e. The van der Waals surface area contributed by atoms with E-state index in [-0.39, 0.29) is 22.2 Å². The van der Waals surface area contributed by atoms with Crippen LogP contribution in [0.2, 0.25) is 5.02 Å². The number of phenolic OH excluding ortho intramolecular Hbond substituents is 1. The molecule has 1 aliphatic heterocycles. The van der Waals surface area contributed by atoms with Crippen molar-refractivity contribution in [2.45, 2.75) is 18.8 Å². The number of rotatable bonds is 5. The summed E-state index contributed by atoms with van der Waals surface area (Å²) in [6.45, 7) is 2.92. The molecule has 2 N–H and O–H groups in total. The third-order valence-electron chi connectivity index (χ3n) is 3.78. The van der Waals surface area contributed by atoms with Crippen LogP contribution in [-0.2, 0) is 4.79 Å². The van der Waals surface area contributed by atoms with Gasteiger partial charge >= 0.3 is 0 Å². The zero-order chi connectivity index (χ0) is 17.8. The van der Waals surface area contributed by atoms with Crippen molar-refractivity contribution < 1.29 is 9.90 Å². The van der Waals surface area contributed by atoms with Crippen LogP contribution in [0.25, 0.3) is 6.08 Å². The highest BCUT2D eigenvalue weighted by atomic mass is 35.5. The molecule has 0 bridgehead atoms. The van der Waals surface area contributed by atoms with Gasteiger partial charge in [-0.3, -0.25) is 15.0 Å². The Kier molecular flexibility index (Phi) is 5.68. The predicted molar refractivity (Wildman–Crippen MR) is 105 cm³/mol. The topological polar surface area (TPSA) is 52.6 Å². The Morgan fingerprint density at radius 2 is 2.04 bits per heavy atom. The smallest absolute Gasteiger partial charge is 0.266 e. The summed E-state index contributed by atoms with van der Waals surface area (Å²) in [7, 11) is 0. The first-order valence-corrected chi connectivity index (χ1v) is 9.34. The maximum absolute atomic E-state index is 13.0. The van der Waals surface area contributed by atoms with Gasteiger partial charge in [-0.15, -0.1) is 0 Å². The molecule has 1 heterocycles. The van der Waals surface area contributed by atoms with E-state index in [1.807, 2.05) is 36.4 Å². The van der Waals surface area contributed by atoms with Gasteiger partial charge in [0.15, 0.2) is 0 Å². The average Bonchev–Trinajstić information content (AvgIpc) is 2.92. The van der Waals surface area contributed by atoms with E-state index in [0.29, 0.717) is 4.91 Å². The van der Waals surface area contributed by atoms with Crippen LogP contribution in [0, 0.1) is 0 Å². The number of aromatic hydroxyl groups is 1. The summed E-state index contributed by atoms with van der Waals surface area (Å²) >= 11 is 7.45. The van der Waals surface area contributed by atoms with Crippen LogP contribution in [0.5, 0.6) is 5.75 Å². The normalized spacial score (nSPS) is 19.0. The monoisotopic (exact) mass is 374 g/mol. The van der Waals surface area contributed by atoms with E-state index in [0.717, 1.165) is 24.2 Å². The molecular weight excluding hydrogens is 356 g/mol. The van der Waals surface area contributed by atoms with Crippen molar-refractivity contribution in [1.29, 1.82) is 0 Å². The van der Waals surface area contributed by atoms with Crippen molar-refractivity contribution in [3.8, 4) is 5.75 Å². The zero-order valence-corrected chi connectivity index (χ0v) is 15.3. The highest BCUT2D eigenvalue weighted by Gasteiger charge is 2.36. The van der Waals surface area contributed by atoms with Gasteiger partial charge in [-0.1, -0.05) is 54.6 Å². The molecule has 0 aliphatic carbocycles. The molecular formula is C19H19ClN2O2S. The number of anilines is 1. The Bertz CT molecular complexity index is 795. The molecule has 6 heteroatoms. The van der Waals surface area contributed by atoms with Crippen LogP contribution in [0.4, 0.5) is 5.69 Å². The molecule has 1 unspecified atom stereocenters. The summed E-state index contributed by atoms with van der Waals surface area (Å²) in [6.07, 6.45) is 2.79. The number of nitrogens with one attached hydrogen (secondary N) is 1. The molecule has 1 aliphatic rings. The Morgan fingerprint density at radius 3 is 2.72 bits per heavy atom. The van der Waals surface area contributed by atoms with E-state index in [2.05, 4.69) is 12.2 Å². The number of benzene rings is 2. The first-order chi connectivity index (χ1) is 12.1. The number of hydrogen-bond acceptors (Lipinski definition) is 4. The predicted octanol–water partition coefficient (Wildman–Crippen LogP) is 4.45. The Morgan fingerprint density at radius 1 is 1.28 bits per heavy atom.